The predicted molar refractivity (Wildman–Crippen MR) is 118 cm³/mol. The van der Waals surface area contributed by atoms with Crippen LogP contribution in [0.4, 0.5) is 8.78 Å². The van der Waals surface area contributed by atoms with Crippen LogP contribution in [0.3, 0.4) is 0 Å². The number of amides is 2. The first kappa shape index (κ1) is 22.7. The van der Waals surface area contributed by atoms with Crippen molar-refractivity contribution < 1.29 is 18.4 Å². The third-order valence-corrected chi connectivity index (χ3v) is 6.72. The molecule has 3 fully saturated rings. The van der Waals surface area contributed by atoms with Crippen LogP contribution in [0.1, 0.15) is 35.8 Å². The van der Waals surface area contributed by atoms with E-state index in [4.69, 9.17) is 0 Å². The van der Waals surface area contributed by atoms with Crippen LogP contribution in [0, 0.1) is 23.5 Å². The lowest BCUT2D eigenvalue weighted by Gasteiger charge is -2.18. The third kappa shape index (κ3) is 4.79. The van der Waals surface area contributed by atoms with E-state index >= 15 is 0 Å². The van der Waals surface area contributed by atoms with Gasteiger partial charge in [0.25, 0.3) is 0 Å². The maximum atomic E-state index is 13.1. The molecular formula is C24H26ClF2N3O2. The fourth-order valence-electron chi connectivity index (χ4n) is 4.68. The van der Waals surface area contributed by atoms with Crippen molar-refractivity contribution in [2.75, 3.05) is 13.1 Å². The monoisotopic (exact) mass is 461 g/mol. The SMILES string of the molecule is Cl.O=C(N[C@H]1C[C@@H]1c1ccc(F)cc1)C1CNCC1C(=O)N[C@H]1C[C@@H]1c1ccc(F)cc1. The van der Waals surface area contributed by atoms with Gasteiger partial charge >= 0.3 is 0 Å². The van der Waals surface area contributed by atoms with Gasteiger partial charge in [-0.1, -0.05) is 24.3 Å². The zero-order valence-corrected chi connectivity index (χ0v) is 18.2. The molecule has 0 bridgehead atoms. The van der Waals surface area contributed by atoms with Gasteiger partial charge in [-0.05, 0) is 48.2 Å². The molecule has 5 rings (SSSR count). The average molecular weight is 462 g/mol. The van der Waals surface area contributed by atoms with Gasteiger partial charge in [-0.15, -0.1) is 12.4 Å². The number of hydrogen-bond acceptors (Lipinski definition) is 3. The summed E-state index contributed by atoms with van der Waals surface area (Å²) in [4.78, 5) is 25.7. The first-order valence-corrected chi connectivity index (χ1v) is 10.8. The van der Waals surface area contributed by atoms with Crippen molar-refractivity contribution in [3.8, 4) is 0 Å². The molecular weight excluding hydrogens is 436 g/mol. The molecule has 8 heteroatoms. The van der Waals surface area contributed by atoms with Crippen LogP contribution < -0.4 is 16.0 Å². The topological polar surface area (TPSA) is 70.2 Å². The van der Waals surface area contributed by atoms with Gasteiger partial charge in [0, 0.05) is 37.0 Å². The predicted octanol–water partition coefficient (Wildman–Crippen LogP) is 2.87. The fraction of sp³-hybridized carbons (Fsp3) is 0.417. The summed E-state index contributed by atoms with van der Waals surface area (Å²) in [6.07, 6.45) is 1.66. The number of carbonyl (C=O) groups excluding carboxylic acids is 2. The second-order valence-electron chi connectivity index (χ2n) is 8.89. The molecule has 2 aromatic carbocycles. The highest BCUT2D eigenvalue weighted by Crippen LogP contribution is 2.42. The Hall–Kier alpha value is -2.51. The average Bonchev–Trinajstić information content (AvgIpc) is 3.64. The summed E-state index contributed by atoms with van der Waals surface area (Å²) < 4.78 is 26.2. The molecule has 3 N–H and O–H groups in total. The van der Waals surface area contributed by atoms with E-state index in [0.29, 0.717) is 13.1 Å². The standard InChI is InChI=1S/C24H25F2N3O2.ClH/c25-15-5-1-13(2-6-15)17-9-21(17)28-23(30)19-11-27-12-20(19)24(31)29-22-10-18(22)14-3-7-16(26)8-4-14;/h1-8,17-22,27H,9-12H2,(H,28,30)(H,29,31);1H/t17-,18-,19?,20?,21+,22+;/m1./s1. The highest BCUT2D eigenvalue weighted by molar-refractivity contribution is 5.89. The van der Waals surface area contributed by atoms with Crippen LogP contribution in [0.25, 0.3) is 0 Å². The molecule has 2 amide bonds. The summed E-state index contributed by atoms with van der Waals surface area (Å²) in [5, 5.41) is 9.29. The summed E-state index contributed by atoms with van der Waals surface area (Å²) in [6, 6.07) is 12.8. The van der Waals surface area contributed by atoms with Gasteiger partial charge in [0.1, 0.15) is 11.6 Å². The summed E-state index contributed by atoms with van der Waals surface area (Å²) >= 11 is 0. The molecule has 6 atom stereocenters. The Morgan fingerprint density at radius 1 is 0.719 bits per heavy atom. The highest BCUT2D eigenvalue weighted by Gasteiger charge is 2.46. The Bertz CT molecular complexity index is 906. The molecule has 170 valence electrons. The summed E-state index contributed by atoms with van der Waals surface area (Å²) in [6.45, 7) is 0.952. The second kappa shape index (κ2) is 9.16. The van der Waals surface area contributed by atoms with Crippen molar-refractivity contribution in [1.29, 1.82) is 0 Å². The van der Waals surface area contributed by atoms with E-state index < -0.39 is 11.8 Å². The first-order chi connectivity index (χ1) is 15.0. The summed E-state index contributed by atoms with van der Waals surface area (Å²) in [5.41, 5.74) is 2.04. The normalized spacial score (nSPS) is 30.2. The van der Waals surface area contributed by atoms with E-state index in [0.717, 1.165) is 24.0 Å². The van der Waals surface area contributed by atoms with Crippen molar-refractivity contribution in [3.63, 3.8) is 0 Å². The quantitative estimate of drug-likeness (QED) is 0.619. The largest absolute Gasteiger partial charge is 0.352 e. The van der Waals surface area contributed by atoms with Gasteiger partial charge in [-0.25, -0.2) is 8.78 Å². The molecule has 0 spiro atoms. The minimum absolute atomic E-state index is 0. The number of nitrogens with one attached hydrogen (secondary N) is 3. The van der Waals surface area contributed by atoms with E-state index in [1.807, 2.05) is 0 Å². The lowest BCUT2D eigenvalue weighted by atomic mass is 9.94. The molecule has 1 saturated heterocycles. The second-order valence-corrected chi connectivity index (χ2v) is 8.89. The number of carbonyl (C=O) groups is 2. The number of halogens is 3. The van der Waals surface area contributed by atoms with Crippen molar-refractivity contribution in [1.82, 2.24) is 16.0 Å². The van der Waals surface area contributed by atoms with Crippen LogP contribution in [-0.2, 0) is 9.59 Å². The zero-order valence-electron chi connectivity index (χ0n) is 17.4. The van der Waals surface area contributed by atoms with Gasteiger partial charge in [0.2, 0.25) is 11.8 Å². The number of benzene rings is 2. The Kier molecular flexibility index (Phi) is 6.49. The van der Waals surface area contributed by atoms with E-state index in [9.17, 15) is 18.4 Å². The van der Waals surface area contributed by atoms with Crippen LogP contribution >= 0.6 is 12.4 Å². The molecule has 1 heterocycles. The van der Waals surface area contributed by atoms with Crippen LogP contribution in [0.5, 0.6) is 0 Å². The molecule has 1 aliphatic heterocycles. The summed E-state index contributed by atoms with van der Waals surface area (Å²) in [7, 11) is 0. The van der Waals surface area contributed by atoms with Gasteiger partial charge < -0.3 is 16.0 Å². The Balaban J connectivity index is 0.00000245. The van der Waals surface area contributed by atoms with Gasteiger partial charge in [0.15, 0.2) is 0 Å². The van der Waals surface area contributed by atoms with Gasteiger partial charge in [0.05, 0.1) is 11.8 Å². The molecule has 32 heavy (non-hydrogen) atoms. The maximum Gasteiger partial charge on any atom is 0.225 e. The van der Waals surface area contributed by atoms with Crippen LogP contribution in [0.15, 0.2) is 48.5 Å². The Morgan fingerprint density at radius 3 is 1.47 bits per heavy atom. The molecule has 5 nitrogen and oxygen atoms in total. The van der Waals surface area contributed by atoms with Crippen LogP contribution in [-0.4, -0.2) is 37.0 Å². The van der Waals surface area contributed by atoms with Crippen molar-refractivity contribution in [2.45, 2.75) is 36.8 Å². The lowest BCUT2D eigenvalue weighted by Crippen LogP contribution is -2.43. The van der Waals surface area contributed by atoms with E-state index in [1.54, 1.807) is 24.3 Å². The molecule has 0 radical (unpaired) electrons. The first-order valence-electron chi connectivity index (χ1n) is 10.8. The zero-order chi connectivity index (χ0) is 21.5. The summed E-state index contributed by atoms with van der Waals surface area (Å²) in [5.74, 6) is -1.16. The van der Waals surface area contributed by atoms with Gasteiger partial charge in [-0.3, -0.25) is 9.59 Å². The highest BCUT2D eigenvalue weighted by atomic mass is 35.5. The molecule has 0 aromatic heterocycles. The van der Waals surface area contributed by atoms with E-state index in [1.165, 1.54) is 24.3 Å². The van der Waals surface area contributed by atoms with Crippen molar-refractivity contribution >= 4 is 24.2 Å². The molecule has 2 saturated carbocycles. The molecule has 2 aromatic rings. The van der Waals surface area contributed by atoms with Crippen molar-refractivity contribution in [3.05, 3.63) is 71.3 Å². The van der Waals surface area contributed by atoms with Gasteiger partial charge in [-0.2, -0.15) is 0 Å². The minimum Gasteiger partial charge on any atom is -0.352 e. The molecule has 2 unspecified atom stereocenters. The van der Waals surface area contributed by atoms with E-state index in [-0.39, 0.29) is 59.8 Å². The van der Waals surface area contributed by atoms with Crippen molar-refractivity contribution in [2.24, 2.45) is 11.8 Å². The maximum absolute atomic E-state index is 13.1. The van der Waals surface area contributed by atoms with E-state index in [2.05, 4.69) is 16.0 Å². The minimum atomic E-state index is -0.405. The Labute approximate surface area is 191 Å². The number of hydrogen-bond donors (Lipinski definition) is 3. The molecule has 3 aliphatic rings. The molecule has 2 aliphatic carbocycles. The third-order valence-electron chi connectivity index (χ3n) is 6.72. The van der Waals surface area contributed by atoms with Crippen LogP contribution in [0.2, 0.25) is 0 Å². The lowest BCUT2D eigenvalue weighted by molar-refractivity contribution is -0.133. The number of rotatable bonds is 6. The smallest absolute Gasteiger partial charge is 0.225 e. The fourth-order valence-corrected chi connectivity index (χ4v) is 4.68. The Morgan fingerprint density at radius 2 is 1.09 bits per heavy atom.